The SMILES string of the molecule is CCC(NCC1(CCOC)CC1)c1ccc(F)cn1. The van der Waals surface area contributed by atoms with Crippen LogP contribution in [0.5, 0.6) is 0 Å². The molecule has 1 atom stereocenters. The topological polar surface area (TPSA) is 34.1 Å². The monoisotopic (exact) mass is 266 g/mol. The van der Waals surface area contributed by atoms with Gasteiger partial charge in [-0.15, -0.1) is 0 Å². The van der Waals surface area contributed by atoms with Crippen LogP contribution in [0.2, 0.25) is 0 Å². The van der Waals surface area contributed by atoms with Crippen LogP contribution in [-0.2, 0) is 4.74 Å². The number of rotatable bonds is 8. The van der Waals surface area contributed by atoms with E-state index in [4.69, 9.17) is 4.74 Å². The molecule has 0 bridgehead atoms. The van der Waals surface area contributed by atoms with E-state index in [0.717, 1.165) is 31.7 Å². The molecule has 4 heteroatoms. The molecule has 1 aliphatic carbocycles. The van der Waals surface area contributed by atoms with E-state index in [9.17, 15) is 4.39 Å². The Labute approximate surface area is 114 Å². The minimum Gasteiger partial charge on any atom is -0.385 e. The lowest BCUT2D eigenvalue weighted by atomic mass is 10.0. The van der Waals surface area contributed by atoms with Gasteiger partial charge in [-0.1, -0.05) is 6.92 Å². The lowest BCUT2D eigenvalue weighted by Crippen LogP contribution is -2.29. The Morgan fingerprint density at radius 2 is 2.26 bits per heavy atom. The van der Waals surface area contributed by atoms with Crippen LogP contribution >= 0.6 is 0 Å². The summed E-state index contributed by atoms with van der Waals surface area (Å²) in [7, 11) is 1.75. The van der Waals surface area contributed by atoms with Gasteiger partial charge < -0.3 is 10.1 Å². The average Bonchev–Trinajstić information content (AvgIpc) is 3.20. The molecule has 1 N–H and O–H groups in total. The van der Waals surface area contributed by atoms with E-state index < -0.39 is 0 Å². The number of hydrogen-bond donors (Lipinski definition) is 1. The highest BCUT2D eigenvalue weighted by Gasteiger charge is 2.41. The van der Waals surface area contributed by atoms with Gasteiger partial charge in [0.1, 0.15) is 5.82 Å². The summed E-state index contributed by atoms with van der Waals surface area (Å²) in [6, 6.07) is 3.45. The molecule has 1 saturated carbocycles. The molecule has 1 aromatic heterocycles. The molecule has 2 rings (SSSR count). The third kappa shape index (κ3) is 3.98. The van der Waals surface area contributed by atoms with E-state index in [1.807, 2.05) is 0 Å². The molecule has 1 heterocycles. The first-order chi connectivity index (χ1) is 9.19. The Bertz CT molecular complexity index is 390. The number of methoxy groups -OCH3 is 1. The molecule has 1 aliphatic rings. The van der Waals surface area contributed by atoms with Crippen LogP contribution in [0.15, 0.2) is 18.3 Å². The van der Waals surface area contributed by atoms with Gasteiger partial charge in [0.25, 0.3) is 0 Å². The Balaban J connectivity index is 1.87. The van der Waals surface area contributed by atoms with Crippen molar-refractivity contribution in [2.24, 2.45) is 5.41 Å². The number of nitrogens with one attached hydrogen (secondary N) is 1. The average molecular weight is 266 g/mol. The van der Waals surface area contributed by atoms with Crippen molar-refractivity contribution in [1.29, 1.82) is 0 Å². The largest absolute Gasteiger partial charge is 0.385 e. The summed E-state index contributed by atoms with van der Waals surface area (Å²) in [6.45, 7) is 3.94. The second kappa shape index (κ2) is 6.44. The highest BCUT2D eigenvalue weighted by molar-refractivity contribution is 5.10. The Morgan fingerprint density at radius 3 is 2.79 bits per heavy atom. The molecular weight excluding hydrogens is 243 g/mol. The van der Waals surface area contributed by atoms with Gasteiger partial charge in [0.2, 0.25) is 0 Å². The molecule has 3 nitrogen and oxygen atoms in total. The van der Waals surface area contributed by atoms with Gasteiger partial charge in [0, 0.05) is 26.3 Å². The fourth-order valence-electron chi connectivity index (χ4n) is 2.40. The van der Waals surface area contributed by atoms with Crippen LogP contribution in [0.3, 0.4) is 0 Å². The van der Waals surface area contributed by atoms with Crippen molar-refractivity contribution in [3.63, 3.8) is 0 Å². The van der Waals surface area contributed by atoms with E-state index in [0.29, 0.717) is 5.41 Å². The summed E-state index contributed by atoms with van der Waals surface area (Å²) < 4.78 is 18.0. The van der Waals surface area contributed by atoms with Crippen molar-refractivity contribution in [2.45, 2.75) is 38.6 Å². The van der Waals surface area contributed by atoms with Crippen LogP contribution in [0.4, 0.5) is 4.39 Å². The minimum atomic E-state index is -0.280. The van der Waals surface area contributed by atoms with Crippen LogP contribution in [0, 0.1) is 11.2 Å². The van der Waals surface area contributed by atoms with Crippen molar-refractivity contribution in [1.82, 2.24) is 10.3 Å². The maximum Gasteiger partial charge on any atom is 0.141 e. The van der Waals surface area contributed by atoms with E-state index in [2.05, 4.69) is 17.2 Å². The highest BCUT2D eigenvalue weighted by Crippen LogP contribution is 2.48. The lowest BCUT2D eigenvalue weighted by molar-refractivity contribution is 0.170. The number of halogens is 1. The smallest absolute Gasteiger partial charge is 0.141 e. The molecule has 0 amide bonds. The molecule has 0 aliphatic heterocycles. The molecule has 0 radical (unpaired) electrons. The summed E-state index contributed by atoms with van der Waals surface area (Å²) in [5.74, 6) is -0.280. The number of hydrogen-bond acceptors (Lipinski definition) is 3. The van der Waals surface area contributed by atoms with Gasteiger partial charge in [-0.2, -0.15) is 0 Å². The second-order valence-electron chi connectivity index (χ2n) is 5.49. The summed E-state index contributed by atoms with van der Waals surface area (Å²) in [5, 5.41) is 3.58. The van der Waals surface area contributed by atoms with E-state index in [1.54, 1.807) is 13.2 Å². The summed E-state index contributed by atoms with van der Waals surface area (Å²) in [4.78, 5) is 4.17. The van der Waals surface area contributed by atoms with Crippen LogP contribution in [0.25, 0.3) is 0 Å². The van der Waals surface area contributed by atoms with Gasteiger partial charge in [0.15, 0.2) is 0 Å². The van der Waals surface area contributed by atoms with Crippen molar-refractivity contribution in [3.05, 3.63) is 29.8 Å². The van der Waals surface area contributed by atoms with Crippen molar-refractivity contribution in [2.75, 3.05) is 20.3 Å². The lowest BCUT2D eigenvalue weighted by Gasteiger charge is -2.21. The number of pyridine rings is 1. The maximum atomic E-state index is 12.9. The molecule has 19 heavy (non-hydrogen) atoms. The molecule has 1 fully saturated rings. The van der Waals surface area contributed by atoms with Crippen molar-refractivity contribution < 1.29 is 9.13 Å². The highest BCUT2D eigenvalue weighted by atomic mass is 19.1. The quantitative estimate of drug-likeness (QED) is 0.785. The number of aromatic nitrogens is 1. The van der Waals surface area contributed by atoms with Gasteiger partial charge >= 0.3 is 0 Å². The van der Waals surface area contributed by atoms with Gasteiger partial charge in [-0.3, -0.25) is 4.98 Å². The Hall–Kier alpha value is -1.00. The zero-order valence-corrected chi connectivity index (χ0v) is 11.8. The molecule has 1 aromatic rings. The molecule has 0 saturated heterocycles. The zero-order chi connectivity index (χ0) is 13.7. The van der Waals surface area contributed by atoms with Gasteiger partial charge in [-0.05, 0) is 43.2 Å². The summed E-state index contributed by atoms with van der Waals surface area (Å²) in [6.07, 6.45) is 5.91. The first kappa shape index (κ1) is 14.4. The summed E-state index contributed by atoms with van der Waals surface area (Å²) in [5.41, 5.74) is 1.34. The third-order valence-corrected chi connectivity index (χ3v) is 4.03. The fraction of sp³-hybridized carbons (Fsp3) is 0.667. The third-order valence-electron chi connectivity index (χ3n) is 4.03. The van der Waals surface area contributed by atoms with Crippen LogP contribution in [-0.4, -0.2) is 25.2 Å². The van der Waals surface area contributed by atoms with Crippen molar-refractivity contribution >= 4 is 0 Å². The molecule has 106 valence electrons. The Morgan fingerprint density at radius 1 is 1.47 bits per heavy atom. The van der Waals surface area contributed by atoms with Crippen LogP contribution in [0.1, 0.15) is 44.3 Å². The van der Waals surface area contributed by atoms with E-state index in [-0.39, 0.29) is 11.9 Å². The van der Waals surface area contributed by atoms with E-state index >= 15 is 0 Å². The van der Waals surface area contributed by atoms with E-state index in [1.165, 1.54) is 25.1 Å². The Kier molecular flexibility index (Phi) is 4.88. The molecule has 0 spiro atoms. The number of nitrogens with zero attached hydrogens (tertiary/aromatic N) is 1. The maximum absolute atomic E-state index is 12.9. The fourth-order valence-corrected chi connectivity index (χ4v) is 2.40. The van der Waals surface area contributed by atoms with Gasteiger partial charge in [0.05, 0.1) is 11.9 Å². The second-order valence-corrected chi connectivity index (χ2v) is 5.49. The van der Waals surface area contributed by atoms with Crippen LogP contribution < -0.4 is 5.32 Å². The summed E-state index contributed by atoms with van der Waals surface area (Å²) >= 11 is 0. The number of ether oxygens (including phenoxy) is 1. The molecule has 1 unspecified atom stereocenters. The standard InChI is InChI=1S/C15H23FN2O/c1-3-13(14-5-4-12(16)10-17-14)18-11-15(6-7-15)8-9-19-2/h4-5,10,13,18H,3,6-9,11H2,1-2H3. The van der Waals surface area contributed by atoms with Gasteiger partial charge in [-0.25, -0.2) is 4.39 Å². The first-order valence-corrected chi connectivity index (χ1v) is 7.03. The normalized spacial score (nSPS) is 18.3. The first-order valence-electron chi connectivity index (χ1n) is 7.03. The predicted octanol–water partition coefficient (Wildman–Crippen LogP) is 3.08. The zero-order valence-electron chi connectivity index (χ0n) is 11.8. The molecular formula is C15H23FN2O. The predicted molar refractivity (Wildman–Crippen MR) is 73.4 cm³/mol. The van der Waals surface area contributed by atoms with Crippen molar-refractivity contribution in [3.8, 4) is 0 Å². The molecule has 0 aromatic carbocycles. The minimum absolute atomic E-state index is 0.209.